The van der Waals surface area contributed by atoms with E-state index in [0.29, 0.717) is 0 Å². The van der Waals surface area contributed by atoms with E-state index >= 15 is 0 Å². The highest BCUT2D eigenvalue weighted by atomic mass is 35.5. The zero-order valence-corrected chi connectivity index (χ0v) is 21.2. The Labute approximate surface area is 207 Å². The number of nitrogens with one attached hydrogen (secondary N) is 2. The zero-order valence-electron chi connectivity index (χ0n) is 20.5. The molecule has 1 fully saturated rings. The van der Waals surface area contributed by atoms with Crippen molar-refractivity contribution in [2.45, 2.75) is 46.5 Å². The molecule has 0 amide bonds. The van der Waals surface area contributed by atoms with Crippen molar-refractivity contribution in [1.82, 2.24) is 9.88 Å². The van der Waals surface area contributed by atoms with Crippen LogP contribution in [0.4, 0.5) is 11.5 Å². The molecule has 2 N–H and O–H groups in total. The molecule has 34 heavy (non-hydrogen) atoms. The molecule has 0 aromatic carbocycles. The standard InChI is InChI=1S/C28H35ClN4O/c1-4-9-23(29)20(2)18-21(3)30-26-19-28(31-24-11-6-5-10-22(24)26)32-25-12-7-8-13-27(25)33-14-16-34-17-15-33/h4,7,9-12,18-19,30H,5-6,8,13-17H2,1-3H3,(H,31,32)/b9-4-,21-18+,23-20+. The SMILES string of the molecule is C\C=C/C(Cl)=C(C)\C=C(/C)Nc1cc(NC2=C(N3CCOCC3)CCC=C2)nc2c1=CCCC=2. The number of pyridine rings is 1. The molecule has 0 atom stereocenters. The predicted octanol–water partition coefficient (Wildman–Crippen LogP) is 5.15. The minimum atomic E-state index is 0.745. The van der Waals surface area contributed by atoms with E-state index in [1.54, 1.807) is 0 Å². The van der Waals surface area contributed by atoms with Gasteiger partial charge in [-0.2, -0.15) is 0 Å². The number of hydrogen-bond acceptors (Lipinski definition) is 5. The van der Waals surface area contributed by atoms with Crippen molar-refractivity contribution < 1.29 is 4.74 Å². The fourth-order valence-electron chi connectivity index (χ4n) is 4.55. The Morgan fingerprint density at radius 3 is 2.74 bits per heavy atom. The predicted molar refractivity (Wildman–Crippen MR) is 144 cm³/mol. The van der Waals surface area contributed by atoms with Crippen LogP contribution in [0.3, 0.4) is 0 Å². The summed E-state index contributed by atoms with van der Waals surface area (Å²) in [6.45, 7) is 9.51. The number of anilines is 2. The van der Waals surface area contributed by atoms with Crippen molar-refractivity contribution >= 4 is 35.3 Å². The molecule has 4 rings (SSSR count). The van der Waals surface area contributed by atoms with Gasteiger partial charge >= 0.3 is 0 Å². The summed E-state index contributed by atoms with van der Waals surface area (Å²) in [6, 6.07) is 2.12. The fourth-order valence-corrected chi connectivity index (χ4v) is 4.73. The van der Waals surface area contributed by atoms with Gasteiger partial charge in [0, 0.05) is 40.8 Å². The number of fused-ring (bicyclic) bond motifs is 1. The van der Waals surface area contributed by atoms with Crippen LogP contribution in [0.1, 0.15) is 46.5 Å². The quantitative estimate of drug-likeness (QED) is 0.531. The molecule has 1 saturated heterocycles. The smallest absolute Gasteiger partial charge is 0.133 e. The van der Waals surface area contributed by atoms with Crippen molar-refractivity contribution in [3.05, 3.63) is 74.7 Å². The van der Waals surface area contributed by atoms with Gasteiger partial charge in [-0.25, -0.2) is 4.98 Å². The Hall–Kier alpha value is -2.76. The molecule has 5 nitrogen and oxygen atoms in total. The van der Waals surface area contributed by atoms with Gasteiger partial charge in [-0.15, -0.1) is 0 Å². The lowest BCUT2D eigenvalue weighted by Crippen LogP contribution is -2.37. The first-order chi connectivity index (χ1) is 16.5. The highest BCUT2D eigenvalue weighted by Gasteiger charge is 2.19. The van der Waals surface area contributed by atoms with E-state index in [1.807, 2.05) is 26.0 Å². The van der Waals surface area contributed by atoms with E-state index < -0.39 is 0 Å². The summed E-state index contributed by atoms with van der Waals surface area (Å²) in [7, 11) is 0. The number of aromatic nitrogens is 1. The third-order valence-electron chi connectivity index (χ3n) is 6.19. The summed E-state index contributed by atoms with van der Waals surface area (Å²) in [5, 5.41) is 10.2. The molecule has 0 spiro atoms. The maximum absolute atomic E-state index is 6.37. The first-order valence-electron chi connectivity index (χ1n) is 12.2. The summed E-state index contributed by atoms with van der Waals surface area (Å²) in [6.07, 6.45) is 19.0. The summed E-state index contributed by atoms with van der Waals surface area (Å²) in [5.74, 6) is 0.854. The van der Waals surface area contributed by atoms with Gasteiger partial charge in [-0.1, -0.05) is 35.9 Å². The van der Waals surface area contributed by atoms with E-state index in [9.17, 15) is 0 Å². The summed E-state index contributed by atoms with van der Waals surface area (Å²) in [4.78, 5) is 7.41. The molecule has 0 unspecified atom stereocenters. The number of allylic oxidation sites excluding steroid dienone is 9. The lowest BCUT2D eigenvalue weighted by Gasteiger charge is -2.33. The largest absolute Gasteiger partial charge is 0.378 e. The first-order valence-corrected chi connectivity index (χ1v) is 12.6. The van der Waals surface area contributed by atoms with Crippen molar-refractivity contribution in [2.24, 2.45) is 0 Å². The number of halogens is 1. The molecule has 180 valence electrons. The number of rotatable bonds is 7. The highest BCUT2D eigenvalue weighted by molar-refractivity contribution is 6.31. The minimum Gasteiger partial charge on any atom is -0.378 e. The molecule has 2 aliphatic carbocycles. The third kappa shape index (κ3) is 6.02. The van der Waals surface area contributed by atoms with Crippen LogP contribution in [0.2, 0.25) is 0 Å². The second-order valence-electron chi connectivity index (χ2n) is 8.85. The van der Waals surface area contributed by atoms with Crippen LogP contribution in [-0.4, -0.2) is 36.2 Å². The van der Waals surface area contributed by atoms with Gasteiger partial charge in [0.15, 0.2) is 0 Å². The van der Waals surface area contributed by atoms with Crippen LogP contribution < -0.4 is 21.2 Å². The van der Waals surface area contributed by atoms with Gasteiger partial charge in [0.2, 0.25) is 0 Å². The van der Waals surface area contributed by atoms with E-state index in [-0.39, 0.29) is 0 Å². The van der Waals surface area contributed by atoms with E-state index in [2.05, 4.69) is 58.9 Å². The lowest BCUT2D eigenvalue weighted by molar-refractivity contribution is 0.0516. The number of nitrogens with zero attached hydrogens (tertiary/aromatic N) is 2. The Kier molecular flexibility index (Phi) is 8.30. The second kappa shape index (κ2) is 11.6. The Morgan fingerprint density at radius 1 is 1.15 bits per heavy atom. The minimum absolute atomic E-state index is 0.745. The van der Waals surface area contributed by atoms with Gasteiger partial charge in [-0.05, 0) is 70.3 Å². The first kappa shape index (κ1) is 24.4. The maximum Gasteiger partial charge on any atom is 0.133 e. The molecule has 1 aromatic heterocycles. The average molecular weight is 479 g/mol. The van der Waals surface area contributed by atoms with Gasteiger partial charge in [0.1, 0.15) is 5.82 Å². The van der Waals surface area contributed by atoms with Gasteiger partial charge in [0.25, 0.3) is 0 Å². The van der Waals surface area contributed by atoms with Crippen LogP contribution in [0.15, 0.2) is 64.1 Å². The fraction of sp³-hybridized carbons (Fsp3) is 0.393. The third-order valence-corrected chi connectivity index (χ3v) is 6.62. The van der Waals surface area contributed by atoms with Crippen molar-refractivity contribution in [3.8, 4) is 0 Å². The van der Waals surface area contributed by atoms with Gasteiger partial charge in [-0.3, -0.25) is 0 Å². The Bertz CT molecular complexity index is 1180. The number of morpholine rings is 1. The molecule has 1 aromatic rings. The molecule has 2 heterocycles. The van der Waals surface area contributed by atoms with Crippen LogP contribution in [0, 0.1) is 0 Å². The molecule has 0 radical (unpaired) electrons. The van der Waals surface area contributed by atoms with Crippen LogP contribution in [0.5, 0.6) is 0 Å². The maximum atomic E-state index is 6.37. The van der Waals surface area contributed by atoms with Crippen molar-refractivity contribution in [1.29, 1.82) is 0 Å². The van der Waals surface area contributed by atoms with E-state index in [4.69, 9.17) is 21.3 Å². The van der Waals surface area contributed by atoms with E-state index in [1.165, 1.54) is 5.70 Å². The van der Waals surface area contributed by atoms with Crippen LogP contribution in [-0.2, 0) is 4.74 Å². The van der Waals surface area contributed by atoms with Gasteiger partial charge in [0.05, 0.1) is 29.9 Å². The molecule has 0 bridgehead atoms. The summed E-state index contributed by atoms with van der Waals surface area (Å²) in [5.41, 5.74) is 5.60. The second-order valence-corrected chi connectivity index (χ2v) is 9.26. The van der Waals surface area contributed by atoms with Gasteiger partial charge < -0.3 is 20.3 Å². The average Bonchev–Trinajstić information content (AvgIpc) is 2.85. The summed E-state index contributed by atoms with van der Waals surface area (Å²) >= 11 is 6.37. The molecule has 3 aliphatic rings. The van der Waals surface area contributed by atoms with E-state index in [0.717, 1.165) is 96.1 Å². The van der Waals surface area contributed by atoms with Crippen LogP contribution in [0.25, 0.3) is 12.2 Å². The molecule has 1 aliphatic heterocycles. The van der Waals surface area contributed by atoms with Crippen molar-refractivity contribution in [3.63, 3.8) is 0 Å². The highest BCUT2D eigenvalue weighted by Crippen LogP contribution is 2.25. The zero-order chi connectivity index (χ0) is 23.9. The lowest BCUT2D eigenvalue weighted by atomic mass is 10.1. The monoisotopic (exact) mass is 478 g/mol. The topological polar surface area (TPSA) is 49.4 Å². The molecular weight excluding hydrogens is 444 g/mol. The Balaban J connectivity index is 1.66. The summed E-state index contributed by atoms with van der Waals surface area (Å²) < 4.78 is 5.56. The molecular formula is C28H35ClN4O. The number of ether oxygens (including phenoxy) is 1. The van der Waals surface area contributed by atoms with Crippen molar-refractivity contribution in [2.75, 3.05) is 36.9 Å². The molecule has 0 saturated carbocycles. The Morgan fingerprint density at radius 2 is 1.94 bits per heavy atom. The normalized spacial score (nSPS) is 19.4. The molecule has 6 heteroatoms. The van der Waals surface area contributed by atoms with Crippen LogP contribution >= 0.6 is 11.6 Å². The number of hydrogen-bond donors (Lipinski definition) is 2.